The van der Waals surface area contributed by atoms with Gasteiger partial charge in [0.2, 0.25) is 0 Å². The molecular formula is C50H48BrN7O12. The quantitative estimate of drug-likeness (QED) is 0.0176. The van der Waals surface area contributed by atoms with Crippen molar-refractivity contribution in [2.75, 3.05) is 31.8 Å². The van der Waals surface area contributed by atoms with E-state index in [9.17, 15) is 38.4 Å². The molecule has 362 valence electrons. The molecule has 4 aromatic carbocycles. The Bertz CT molecular complexity index is 2880. The zero-order chi connectivity index (χ0) is 50.3. The zero-order valence-electron chi connectivity index (χ0n) is 37.6. The average molecular weight is 1020 g/mol. The van der Waals surface area contributed by atoms with Crippen LogP contribution < -0.4 is 22.5 Å². The number of aromatic nitrogens is 4. The number of carbonyl (C=O) groups excluding carboxylic acids is 4. The second kappa shape index (κ2) is 27.5. The van der Waals surface area contributed by atoms with Crippen LogP contribution >= 0.6 is 15.9 Å². The van der Waals surface area contributed by atoms with E-state index >= 15 is 0 Å². The molecule has 0 aliphatic rings. The summed E-state index contributed by atoms with van der Waals surface area (Å²) in [5, 5.41) is 3.76. The Balaban J connectivity index is 0.000000262. The maximum atomic E-state index is 12.4. The van der Waals surface area contributed by atoms with Gasteiger partial charge >= 0.3 is 35.3 Å². The van der Waals surface area contributed by atoms with Crippen molar-refractivity contribution < 1.29 is 38.1 Å². The highest BCUT2D eigenvalue weighted by Gasteiger charge is 2.21. The molecule has 6 rings (SSSR count). The topological polar surface area (TPSA) is 264 Å². The van der Waals surface area contributed by atoms with Gasteiger partial charge in [0.05, 0.1) is 60.3 Å². The predicted molar refractivity (Wildman–Crippen MR) is 262 cm³/mol. The van der Waals surface area contributed by atoms with Gasteiger partial charge in [-0.15, -0.1) is 0 Å². The van der Waals surface area contributed by atoms with E-state index in [4.69, 9.17) is 24.5 Å². The smallest absolute Gasteiger partial charge is 0.338 e. The van der Waals surface area contributed by atoms with E-state index in [0.29, 0.717) is 28.7 Å². The van der Waals surface area contributed by atoms with Gasteiger partial charge in [-0.2, -0.15) is 0 Å². The number of hydrogen-bond acceptors (Lipinski definition) is 13. The van der Waals surface area contributed by atoms with Crippen molar-refractivity contribution >= 4 is 45.9 Å². The van der Waals surface area contributed by atoms with Crippen molar-refractivity contribution in [2.45, 2.75) is 32.0 Å². The minimum Gasteiger partial charge on any atom is -0.462 e. The summed E-state index contributed by atoms with van der Waals surface area (Å²) in [5.74, 6) is -2.88. The Hall–Kier alpha value is -8.35. The van der Waals surface area contributed by atoms with Crippen molar-refractivity contribution in [3.8, 4) is 0 Å². The summed E-state index contributed by atoms with van der Waals surface area (Å²) in [6.07, 6.45) is 4.74. The van der Waals surface area contributed by atoms with E-state index < -0.39 is 58.3 Å². The lowest BCUT2D eigenvalue weighted by Gasteiger charge is -2.18. The first-order chi connectivity index (χ1) is 33.9. The molecule has 0 saturated heterocycles. The predicted octanol–water partition coefficient (Wildman–Crippen LogP) is 6.90. The fourth-order valence-corrected chi connectivity index (χ4v) is 6.96. The number of hydrogen-bond donors (Lipinski definition) is 2. The van der Waals surface area contributed by atoms with Crippen LogP contribution in [-0.2, 0) is 32.0 Å². The molecule has 70 heavy (non-hydrogen) atoms. The van der Waals surface area contributed by atoms with E-state index in [1.54, 1.807) is 121 Å². The molecule has 0 aliphatic heterocycles. The fraction of sp³-hybridized carbons (Fsp3) is 0.240. The maximum Gasteiger partial charge on any atom is 0.338 e. The Kier molecular flexibility index (Phi) is 20.6. The average Bonchev–Trinajstić information content (AvgIpc) is 3.39. The van der Waals surface area contributed by atoms with Gasteiger partial charge in [0, 0.05) is 53.1 Å². The molecule has 2 N–H and O–H groups in total. The number of H-pyrrole nitrogens is 2. The van der Waals surface area contributed by atoms with E-state index in [2.05, 4.69) is 42.5 Å². The molecule has 2 aromatic heterocycles. The van der Waals surface area contributed by atoms with Gasteiger partial charge in [-0.25, -0.2) is 28.8 Å². The number of azide groups is 1. The van der Waals surface area contributed by atoms with Crippen molar-refractivity contribution in [1.29, 1.82) is 0 Å². The second-order valence-corrected chi connectivity index (χ2v) is 16.0. The molecule has 0 saturated carbocycles. The summed E-state index contributed by atoms with van der Waals surface area (Å²) in [6, 6.07) is 33.2. The van der Waals surface area contributed by atoms with Crippen LogP contribution in [0.4, 0.5) is 0 Å². The second-order valence-electron chi connectivity index (χ2n) is 15.3. The van der Waals surface area contributed by atoms with E-state index in [1.165, 1.54) is 27.6 Å². The van der Waals surface area contributed by atoms with Crippen LogP contribution in [0, 0.1) is 11.8 Å². The van der Waals surface area contributed by atoms with Crippen LogP contribution in [0.5, 0.6) is 0 Å². The first kappa shape index (κ1) is 52.6. The molecule has 0 spiro atoms. The van der Waals surface area contributed by atoms with Gasteiger partial charge in [0.1, 0.15) is 0 Å². The van der Waals surface area contributed by atoms with Crippen LogP contribution in [0.2, 0.25) is 0 Å². The fourth-order valence-electron chi connectivity index (χ4n) is 6.48. The van der Waals surface area contributed by atoms with Crippen LogP contribution in [0.3, 0.4) is 0 Å². The lowest BCUT2D eigenvalue weighted by atomic mass is 10.1. The Morgan fingerprint density at radius 3 is 1.26 bits per heavy atom. The van der Waals surface area contributed by atoms with Gasteiger partial charge in [0.25, 0.3) is 11.1 Å². The summed E-state index contributed by atoms with van der Waals surface area (Å²) in [6.45, 7) is 3.74. The molecule has 0 fully saturated rings. The number of alkyl halides is 1. The summed E-state index contributed by atoms with van der Waals surface area (Å²) >= 11 is 3.20. The largest absolute Gasteiger partial charge is 0.462 e. The van der Waals surface area contributed by atoms with Gasteiger partial charge in [-0.3, -0.25) is 24.1 Å². The van der Waals surface area contributed by atoms with Crippen molar-refractivity contribution in [3.63, 3.8) is 0 Å². The number of carbonyl (C=O) groups is 4. The van der Waals surface area contributed by atoms with Crippen LogP contribution in [0.15, 0.2) is 165 Å². The number of esters is 4. The molecule has 2 heterocycles. The number of nitrogens with one attached hydrogen (secondary N) is 2. The molecule has 0 bridgehead atoms. The monoisotopic (exact) mass is 1020 g/mol. The Labute approximate surface area is 408 Å². The van der Waals surface area contributed by atoms with Crippen molar-refractivity contribution in [2.24, 2.45) is 17.0 Å². The SMILES string of the molecule is C=Cc1cn(CCC(COC(=O)c2ccccc2)COC(=O)c2ccccc2)c(=O)[nH]c1=O.[N-]=[N+]=NC(CBr)c1cn(CCC(COC(=O)c2ccccc2)COC(=O)c2ccccc2)c(=O)[nH]c1=O. The molecule has 0 amide bonds. The maximum absolute atomic E-state index is 12.4. The Morgan fingerprint density at radius 2 is 0.929 bits per heavy atom. The summed E-state index contributed by atoms with van der Waals surface area (Å²) in [4.78, 5) is 105. The zero-order valence-corrected chi connectivity index (χ0v) is 39.2. The lowest BCUT2D eigenvalue weighted by molar-refractivity contribution is 0.0225. The van der Waals surface area contributed by atoms with Crippen molar-refractivity contribution in [1.82, 2.24) is 19.1 Å². The molecule has 0 aliphatic carbocycles. The van der Waals surface area contributed by atoms with Gasteiger partial charge < -0.3 is 23.5 Å². The van der Waals surface area contributed by atoms with Crippen LogP contribution in [-0.4, -0.2) is 74.7 Å². The first-order valence-corrected chi connectivity index (χ1v) is 22.8. The number of benzene rings is 4. The number of rotatable bonds is 22. The molecule has 1 atom stereocenters. The molecule has 19 nitrogen and oxygen atoms in total. The van der Waals surface area contributed by atoms with E-state index in [1.807, 2.05) is 0 Å². The highest BCUT2D eigenvalue weighted by molar-refractivity contribution is 9.09. The summed E-state index contributed by atoms with van der Waals surface area (Å²) in [7, 11) is 0. The van der Waals surface area contributed by atoms with E-state index in [-0.39, 0.29) is 68.3 Å². The number of nitrogens with zero attached hydrogens (tertiary/aromatic N) is 5. The van der Waals surface area contributed by atoms with E-state index in [0.717, 1.165) is 0 Å². The van der Waals surface area contributed by atoms with Gasteiger partial charge in [-0.05, 0) is 66.9 Å². The third-order valence-corrected chi connectivity index (χ3v) is 11.0. The normalized spacial score (nSPS) is 11.0. The minimum atomic E-state index is -0.810. The third-order valence-electron chi connectivity index (χ3n) is 10.4. The van der Waals surface area contributed by atoms with Crippen LogP contribution in [0.1, 0.15) is 71.4 Å². The first-order valence-electron chi connectivity index (χ1n) is 21.7. The molecule has 6 aromatic rings. The number of aromatic amines is 2. The van der Waals surface area contributed by atoms with Crippen LogP contribution in [0.25, 0.3) is 16.5 Å². The number of ether oxygens (including phenoxy) is 4. The summed E-state index contributed by atoms with van der Waals surface area (Å²) < 4.78 is 24.3. The van der Waals surface area contributed by atoms with Crippen molar-refractivity contribution in [3.05, 3.63) is 226 Å². The lowest BCUT2D eigenvalue weighted by Crippen LogP contribution is -2.33. The molecule has 1 unspecified atom stereocenters. The standard InChI is InChI=1S/C25H24BrN5O6.C25H24N2O6/c26-13-21(29-30-27)20-14-31(25(35)28-22(20)32)12-11-17(15-36-23(33)18-7-3-1-4-8-18)16-37-24(34)19-9-5-2-6-10-19;1-2-19-15-27(25(31)26-22(19)28)14-13-18(16-32-23(29)20-9-5-3-6-10-20)17-33-24(30)21-11-7-4-8-12-21/h1-10,14,17,21H,11-13,15-16H2,(H,28,32,35);2-12,15,18H,1,13-14,16-17H2,(H,26,28,31). The van der Waals surface area contributed by atoms with Gasteiger partial charge in [-0.1, -0.05) is 106 Å². The summed E-state index contributed by atoms with van der Waals surface area (Å²) in [5.41, 5.74) is 8.34. The molecular weight excluding hydrogens is 970 g/mol. The number of halogens is 1. The molecule has 0 radical (unpaired) electrons. The highest BCUT2D eigenvalue weighted by atomic mass is 79.9. The third kappa shape index (κ3) is 16.2. The van der Waals surface area contributed by atoms with Gasteiger partial charge in [0.15, 0.2) is 0 Å². The minimum absolute atomic E-state index is 0.0117. The number of aryl methyl sites for hydroxylation is 2. The molecule has 20 heteroatoms. The Morgan fingerprint density at radius 1 is 0.586 bits per heavy atom. The highest BCUT2D eigenvalue weighted by Crippen LogP contribution is 2.17.